The molecular weight excluding hydrogens is 414 g/mol. The third-order valence-electron chi connectivity index (χ3n) is 6.04. The van der Waals surface area contributed by atoms with Crippen LogP contribution in [0.25, 0.3) is 11.5 Å². The minimum Gasteiger partial charge on any atom is -0.334 e. The Morgan fingerprint density at radius 2 is 2.04 bits per heavy atom. The van der Waals surface area contributed by atoms with Gasteiger partial charge >= 0.3 is 0 Å². The molecule has 13 heteroatoms. The van der Waals surface area contributed by atoms with E-state index in [0.717, 1.165) is 28.0 Å². The topological polar surface area (TPSA) is 120 Å². The molecule has 2 aliphatic heterocycles. The Morgan fingerprint density at radius 3 is 2.75 bits per heavy atom. The van der Waals surface area contributed by atoms with Crippen LogP contribution in [0.5, 0.6) is 0 Å². The molecule has 1 saturated carbocycles. The first-order valence-electron chi connectivity index (χ1n) is 8.86. The Hall–Kier alpha value is -1.57. The summed E-state index contributed by atoms with van der Waals surface area (Å²) in [5.74, 6) is -2.31. The predicted molar refractivity (Wildman–Crippen MR) is 95.7 cm³/mol. The van der Waals surface area contributed by atoms with Crippen molar-refractivity contribution in [2.24, 2.45) is 10.6 Å². The molecule has 1 saturated heterocycles. The molecule has 4 heterocycles. The van der Waals surface area contributed by atoms with Crippen LogP contribution in [-0.4, -0.2) is 57.4 Å². The van der Waals surface area contributed by atoms with Crippen molar-refractivity contribution in [2.45, 2.75) is 37.0 Å². The third-order valence-corrected chi connectivity index (χ3v) is 8.07. The molecule has 3 aliphatic rings. The van der Waals surface area contributed by atoms with E-state index in [1.165, 1.54) is 0 Å². The number of aromatic nitrogens is 4. The van der Waals surface area contributed by atoms with Crippen LogP contribution in [0, 0.1) is 5.41 Å². The standard InChI is InChI=1S/C15H18F2N6O3S2/c16-15(17)11(14(15)1-3-22(4-2-14)28(18,24)25)12-20-13(26-21-12)9-7-19-23-5-6-27-8-10(9)23/h7,11H,1-6,8H2,(H2,18,24,25)/t11-/m0/s1. The van der Waals surface area contributed by atoms with E-state index in [1.807, 2.05) is 4.68 Å². The molecule has 0 amide bonds. The summed E-state index contributed by atoms with van der Waals surface area (Å²) in [6.07, 6.45) is 1.64. The van der Waals surface area contributed by atoms with E-state index in [9.17, 15) is 17.2 Å². The predicted octanol–water partition coefficient (Wildman–Crippen LogP) is 1.20. The number of alkyl halides is 2. The van der Waals surface area contributed by atoms with Gasteiger partial charge in [-0.15, -0.1) is 0 Å². The van der Waals surface area contributed by atoms with E-state index in [-0.39, 0.29) is 37.6 Å². The van der Waals surface area contributed by atoms with Crippen molar-refractivity contribution in [2.75, 3.05) is 18.8 Å². The molecule has 0 aromatic carbocycles. The lowest BCUT2D eigenvalue weighted by molar-refractivity contribution is 0.0411. The van der Waals surface area contributed by atoms with Gasteiger partial charge in [0.05, 0.1) is 35.3 Å². The number of hydrogen-bond donors (Lipinski definition) is 1. The summed E-state index contributed by atoms with van der Waals surface area (Å²) in [7, 11) is -3.87. The number of halogens is 2. The Labute approximate surface area is 163 Å². The summed E-state index contributed by atoms with van der Waals surface area (Å²) in [5, 5.41) is 13.2. The number of thioether (sulfide) groups is 1. The molecule has 1 spiro atoms. The van der Waals surface area contributed by atoms with Crippen molar-refractivity contribution in [3.05, 3.63) is 17.7 Å². The van der Waals surface area contributed by atoms with E-state index < -0.39 is 27.5 Å². The fourth-order valence-electron chi connectivity index (χ4n) is 4.40. The van der Waals surface area contributed by atoms with Crippen LogP contribution >= 0.6 is 11.8 Å². The minimum absolute atomic E-state index is 0.00475. The fourth-order valence-corrected chi connectivity index (χ4v) is 6.03. The number of fused-ring (bicyclic) bond motifs is 1. The zero-order valence-corrected chi connectivity index (χ0v) is 16.3. The monoisotopic (exact) mass is 432 g/mol. The van der Waals surface area contributed by atoms with E-state index in [1.54, 1.807) is 18.0 Å². The number of aryl methyl sites for hydroxylation is 1. The quantitative estimate of drug-likeness (QED) is 0.774. The molecule has 0 radical (unpaired) electrons. The summed E-state index contributed by atoms with van der Waals surface area (Å²) in [6, 6.07) is 0. The maximum atomic E-state index is 14.7. The third kappa shape index (κ3) is 2.56. The first kappa shape index (κ1) is 18.5. The zero-order valence-electron chi connectivity index (χ0n) is 14.7. The summed E-state index contributed by atoms with van der Waals surface area (Å²) in [4.78, 5) is 4.26. The van der Waals surface area contributed by atoms with E-state index in [2.05, 4.69) is 15.2 Å². The van der Waals surface area contributed by atoms with Gasteiger partial charge in [-0.05, 0) is 12.8 Å². The molecule has 0 bridgehead atoms. The van der Waals surface area contributed by atoms with Crippen LogP contribution in [0.4, 0.5) is 8.78 Å². The first-order chi connectivity index (χ1) is 13.2. The fraction of sp³-hybridized carbons (Fsp3) is 0.667. The molecule has 28 heavy (non-hydrogen) atoms. The second kappa shape index (κ2) is 5.97. The molecule has 2 N–H and O–H groups in total. The van der Waals surface area contributed by atoms with Crippen LogP contribution < -0.4 is 5.14 Å². The van der Waals surface area contributed by atoms with Gasteiger partial charge in [0.2, 0.25) is 0 Å². The largest absolute Gasteiger partial charge is 0.334 e. The summed E-state index contributed by atoms with van der Waals surface area (Å²) < 4.78 is 60.6. The average Bonchev–Trinajstić information content (AvgIpc) is 3.09. The van der Waals surface area contributed by atoms with Crippen molar-refractivity contribution >= 4 is 22.0 Å². The van der Waals surface area contributed by atoms with Crippen LogP contribution in [0.15, 0.2) is 10.7 Å². The van der Waals surface area contributed by atoms with Gasteiger partial charge in [-0.2, -0.15) is 34.6 Å². The van der Waals surface area contributed by atoms with Gasteiger partial charge in [0.15, 0.2) is 5.82 Å². The summed E-state index contributed by atoms with van der Waals surface area (Å²) in [5.41, 5.74) is 0.280. The van der Waals surface area contributed by atoms with Gasteiger partial charge in [0.1, 0.15) is 0 Å². The van der Waals surface area contributed by atoms with Crippen molar-refractivity contribution in [3.63, 3.8) is 0 Å². The Morgan fingerprint density at radius 1 is 1.29 bits per heavy atom. The van der Waals surface area contributed by atoms with Gasteiger partial charge in [-0.3, -0.25) is 4.68 Å². The maximum Gasteiger partial charge on any atom is 0.276 e. The lowest BCUT2D eigenvalue weighted by Gasteiger charge is -2.30. The molecule has 9 nitrogen and oxygen atoms in total. The Kier molecular flexibility index (Phi) is 3.93. The number of piperidine rings is 1. The van der Waals surface area contributed by atoms with E-state index in [0.29, 0.717) is 5.56 Å². The Bertz CT molecular complexity index is 1030. The summed E-state index contributed by atoms with van der Waals surface area (Å²) in [6.45, 7) is 0.707. The van der Waals surface area contributed by atoms with Crippen molar-refractivity contribution in [1.29, 1.82) is 0 Å². The van der Waals surface area contributed by atoms with Crippen molar-refractivity contribution < 1.29 is 21.7 Å². The second-order valence-corrected chi connectivity index (χ2v) is 10.0. The highest BCUT2D eigenvalue weighted by Gasteiger charge is 2.82. The molecule has 2 fully saturated rings. The van der Waals surface area contributed by atoms with Gasteiger partial charge in [-0.1, -0.05) is 5.16 Å². The van der Waals surface area contributed by atoms with Gasteiger partial charge in [0, 0.05) is 24.6 Å². The lowest BCUT2D eigenvalue weighted by Crippen LogP contribution is -2.43. The number of nitrogens with zero attached hydrogens (tertiary/aromatic N) is 5. The summed E-state index contributed by atoms with van der Waals surface area (Å²) >= 11 is 1.76. The lowest BCUT2D eigenvalue weighted by atomic mass is 9.91. The normalized spacial score (nSPS) is 26.3. The SMILES string of the molecule is NS(=O)(=O)N1CCC2(CC1)[C@H](c1noc(-c3cnn4c3CSCC4)n1)C2(F)F. The van der Waals surface area contributed by atoms with Crippen molar-refractivity contribution in [1.82, 2.24) is 24.2 Å². The minimum atomic E-state index is -3.87. The van der Waals surface area contributed by atoms with Crippen LogP contribution in [0.3, 0.4) is 0 Å². The number of rotatable bonds is 3. The highest BCUT2D eigenvalue weighted by Crippen LogP contribution is 2.75. The molecule has 1 atom stereocenters. The molecule has 2 aromatic rings. The van der Waals surface area contributed by atoms with Gasteiger partial charge in [-0.25, -0.2) is 13.9 Å². The number of hydrogen-bond acceptors (Lipinski definition) is 7. The smallest absolute Gasteiger partial charge is 0.276 e. The average molecular weight is 432 g/mol. The molecule has 2 aromatic heterocycles. The van der Waals surface area contributed by atoms with Crippen LogP contribution in [0.1, 0.15) is 30.3 Å². The van der Waals surface area contributed by atoms with Crippen LogP contribution in [-0.2, 0) is 22.5 Å². The second-order valence-electron chi connectivity index (χ2n) is 7.39. The number of nitrogens with two attached hydrogens (primary N) is 1. The van der Waals surface area contributed by atoms with E-state index in [4.69, 9.17) is 9.66 Å². The first-order valence-corrected chi connectivity index (χ1v) is 11.5. The van der Waals surface area contributed by atoms with E-state index >= 15 is 0 Å². The highest BCUT2D eigenvalue weighted by molar-refractivity contribution is 7.98. The molecular formula is C15H18F2N6O3S2. The zero-order chi connectivity index (χ0) is 19.7. The highest BCUT2D eigenvalue weighted by atomic mass is 32.2. The molecule has 152 valence electrons. The Balaban J connectivity index is 1.40. The molecule has 5 rings (SSSR count). The molecule has 0 unspecified atom stereocenters. The molecule has 1 aliphatic carbocycles. The maximum absolute atomic E-state index is 14.7. The van der Waals surface area contributed by atoms with Crippen LogP contribution in [0.2, 0.25) is 0 Å². The van der Waals surface area contributed by atoms with Crippen molar-refractivity contribution in [3.8, 4) is 11.5 Å². The van der Waals surface area contributed by atoms with Gasteiger partial charge < -0.3 is 4.52 Å². The van der Waals surface area contributed by atoms with Gasteiger partial charge in [0.25, 0.3) is 22.0 Å².